The van der Waals surface area contributed by atoms with Gasteiger partial charge in [0.25, 0.3) is 5.91 Å². The molecule has 192 valence electrons. The Labute approximate surface area is 227 Å². The summed E-state index contributed by atoms with van der Waals surface area (Å²) in [5.41, 5.74) is 3.38. The van der Waals surface area contributed by atoms with E-state index in [-0.39, 0.29) is 28.8 Å². The first kappa shape index (κ1) is 25.7. The van der Waals surface area contributed by atoms with Crippen molar-refractivity contribution in [3.05, 3.63) is 100 Å². The number of carbonyl (C=O) groups excluding carboxylic acids is 2. The molecule has 5 rings (SSSR count). The van der Waals surface area contributed by atoms with Crippen LogP contribution < -0.4 is 10.1 Å². The predicted molar refractivity (Wildman–Crippen MR) is 149 cm³/mol. The fraction of sp³-hybridized carbons (Fsp3) is 0.333. The zero-order valence-corrected chi connectivity index (χ0v) is 22.6. The lowest BCUT2D eigenvalue weighted by molar-refractivity contribution is -0.128. The Bertz CT molecular complexity index is 1270. The van der Waals surface area contributed by atoms with Gasteiger partial charge in [-0.15, -0.1) is 11.8 Å². The lowest BCUT2D eigenvalue weighted by Crippen LogP contribution is -2.44. The van der Waals surface area contributed by atoms with Crippen molar-refractivity contribution in [1.82, 2.24) is 10.2 Å². The number of benzene rings is 3. The van der Waals surface area contributed by atoms with Crippen LogP contribution in [0.15, 0.2) is 72.8 Å². The van der Waals surface area contributed by atoms with E-state index in [0.29, 0.717) is 22.9 Å². The lowest BCUT2D eigenvalue weighted by atomic mass is 9.83. The molecule has 3 aromatic rings. The Hall–Kier alpha value is -2.96. The van der Waals surface area contributed by atoms with Gasteiger partial charge < -0.3 is 15.0 Å². The fourth-order valence-corrected chi connectivity index (χ4v) is 6.47. The summed E-state index contributed by atoms with van der Waals surface area (Å²) in [6, 6.07) is 23.1. The minimum Gasteiger partial charge on any atom is -0.487 e. The monoisotopic (exact) mass is 534 g/mol. The number of carbonyl (C=O) groups is 2. The van der Waals surface area contributed by atoms with Crippen LogP contribution in [0.25, 0.3) is 0 Å². The second kappa shape index (κ2) is 10.8. The summed E-state index contributed by atoms with van der Waals surface area (Å²) >= 11 is 7.62. The zero-order chi connectivity index (χ0) is 26.0. The molecule has 1 fully saturated rings. The van der Waals surface area contributed by atoms with Crippen molar-refractivity contribution in [2.24, 2.45) is 0 Å². The average Bonchev–Trinajstić information content (AvgIpc) is 3.29. The second-order valence-electron chi connectivity index (χ2n) is 9.69. The number of ether oxygens (including phenoxy) is 1. The third-order valence-electron chi connectivity index (χ3n) is 7.48. The maximum atomic E-state index is 13.3. The van der Waals surface area contributed by atoms with Crippen molar-refractivity contribution < 1.29 is 14.3 Å². The number of amides is 2. The van der Waals surface area contributed by atoms with Gasteiger partial charge in [0.15, 0.2) is 0 Å². The van der Waals surface area contributed by atoms with Crippen molar-refractivity contribution in [1.29, 1.82) is 0 Å². The summed E-state index contributed by atoms with van der Waals surface area (Å²) in [6.07, 6.45) is 2.49. The van der Waals surface area contributed by atoms with E-state index < -0.39 is 0 Å². The van der Waals surface area contributed by atoms with E-state index in [9.17, 15) is 9.59 Å². The summed E-state index contributed by atoms with van der Waals surface area (Å²) in [5, 5.41) is 3.85. The molecule has 2 aliphatic heterocycles. The summed E-state index contributed by atoms with van der Waals surface area (Å²) in [5.74, 6) is 1.30. The number of nitrogens with zero attached hydrogens (tertiary/aromatic N) is 1. The SMILES string of the molecule is CCC1(CC)C[C@@H](NC(=O)c2ccc([C@H]3SCC(=O)N3Cc3ccc(Cl)cc3)cc2)c2ccccc2O1. The predicted octanol–water partition coefficient (Wildman–Crippen LogP) is 6.93. The maximum absolute atomic E-state index is 13.3. The third kappa shape index (κ3) is 5.36. The Morgan fingerprint density at radius 2 is 1.76 bits per heavy atom. The summed E-state index contributed by atoms with van der Waals surface area (Å²) < 4.78 is 6.38. The number of halogens is 1. The largest absolute Gasteiger partial charge is 0.487 e. The first-order chi connectivity index (χ1) is 17.9. The summed E-state index contributed by atoms with van der Waals surface area (Å²) in [4.78, 5) is 27.8. The number of hydrogen-bond acceptors (Lipinski definition) is 4. The molecule has 0 spiro atoms. The van der Waals surface area contributed by atoms with E-state index in [1.165, 1.54) is 0 Å². The Balaban J connectivity index is 1.31. The fourth-order valence-electron chi connectivity index (χ4n) is 5.16. The Morgan fingerprint density at radius 1 is 1.05 bits per heavy atom. The minimum absolute atomic E-state index is 0.0858. The molecular weight excluding hydrogens is 504 g/mol. The third-order valence-corrected chi connectivity index (χ3v) is 8.99. The van der Waals surface area contributed by atoms with E-state index >= 15 is 0 Å². The van der Waals surface area contributed by atoms with Crippen LogP contribution >= 0.6 is 23.4 Å². The van der Waals surface area contributed by atoms with Gasteiger partial charge in [0.05, 0.1) is 11.8 Å². The number of rotatable bonds is 7. The topological polar surface area (TPSA) is 58.6 Å². The second-order valence-corrected chi connectivity index (χ2v) is 11.2. The quantitative estimate of drug-likeness (QED) is 0.357. The van der Waals surface area contributed by atoms with Gasteiger partial charge in [-0.2, -0.15) is 0 Å². The summed E-state index contributed by atoms with van der Waals surface area (Å²) in [6.45, 7) is 4.80. The van der Waals surface area contributed by atoms with Crippen LogP contribution in [0, 0.1) is 0 Å². The lowest BCUT2D eigenvalue weighted by Gasteiger charge is -2.41. The maximum Gasteiger partial charge on any atom is 0.251 e. The number of nitrogens with one attached hydrogen (secondary N) is 1. The van der Waals surface area contributed by atoms with E-state index in [0.717, 1.165) is 41.7 Å². The van der Waals surface area contributed by atoms with Crippen LogP contribution in [-0.2, 0) is 11.3 Å². The standard InChI is InChI=1S/C30H31ClN2O3S/c1-3-30(4-2)17-25(24-7-5-6-8-26(24)36-30)32-28(35)21-11-13-22(14-12-21)29-33(27(34)19-37-29)18-20-9-15-23(31)16-10-20/h5-16,25,29H,3-4,17-19H2,1-2H3,(H,32,35)/t25-,29-/m1/s1. The van der Waals surface area contributed by atoms with Crippen LogP contribution in [0.5, 0.6) is 5.75 Å². The molecular formula is C30H31ClN2O3S. The molecule has 0 aliphatic carbocycles. The van der Waals surface area contributed by atoms with Crippen molar-refractivity contribution >= 4 is 35.2 Å². The molecule has 1 saturated heterocycles. The first-order valence-electron chi connectivity index (χ1n) is 12.8. The van der Waals surface area contributed by atoms with Crippen LogP contribution in [-0.4, -0.2) is 28.1 Å². The highest BCUT2D eigenvalue weighted by molar-refractivity contribution is 8.00. The van der Waals surface area contributed by atoms with Crippen molar-refractivity contribution in [2.75, 3.05) is 5.75 Å². The van der Waals surface area contributed by atoms with E-state index in [1.54, 1.807) is 11.8 Å². The molecule has 2 atom stereocenters. The van der Waals surface area contributed by atoms with Crippen LogP contribution in [0.2, 0.25) is 5.02 Å². The highest BCUT2D eigenvalue weighted by Crippen LogP contribution is 2.43. The molecule has 37 heavy (non-hydrogen) atoms. The zero-order valence-electron chi connectivity index (χ0n) is 21.1. The minimum atomic E-state index is -0.282. The number of hydrogen-bond donors (Lipinski definition) is 1. The number of thioether (sulfide) groups is 1. The highest BCUT2D eigenvalue weighted by Gasteiger charge is 2.39. The molecule has 0 aromatic heterocycles. The van der Waals surface area contributed by atoms with E-state index in [2.05, 4.69) is 19.2 Å². The number of para-hydroxylation sites is 1. The molecule has 1 N–H and O–H groups in total. The van der Waals surface area contributed by atoms with Crippen LogP contribution in [0.3, 0.4) is 0 Å². The van der Waals surface area contributed by atoms with Gasteiger partial charge in [-0.1, -0.05) is 67.9 Å². The number of fused-ring (bicyclic) bond motifs is 1. The molecule has 0 unspecified atom stereocenters. The molecule has 3 aromatic carbocycles. The van der Waals surface area contributed by atoms with Crippen molar-refractivity contribution in [2.45, 2.75) is 56.7 Å². The first-order valence-corrected chi connectivity index (χ1v) is 14.2. The molecule has 0 bridgehead atoms. The van der Waals surface area contributed by atoms with Crippen molar-refractivity contribution in [3.8, 4) is 5.75 Å². The normalized spacial score (nSPS) is 20.3. The van der Waals surface area contributed by atoms with Gasteiger partial charge in [0, 0.05) is 29.1 Å². The molecule has 0 saturated carbocycles. The molecule has 0 radical (unpaired) electrons. The van der Waals surface area contributed by atoms with Gasteiger partial charge in [-0.05, 0) is 54.3 Å². The van der Waals surface area contributed by atoms with E-state index in [1.807, 2.05) is 77.7 Å². The molecule has 2 amide bonds. The molecule has 2 heterocycles. The Kier molecular flexibility index (Phi) is 7.50. The van der Waals surface area contributed by atoms with Crippen LogP contribution in [0.4, 0.5) is 0 Å². The van der Waals surface area contributed by atoms with Gasteiger partial charge in [0.2, 0.25) is 5.91 Å². The molecule has 7 heteroatoms. The van der Waals surface area contributed by atoms with Gasteiger partial charge >= 0.3 is 0 Å². The van der Waals surface area contributed by atoms with Crippen LogP contribution in [0.1, 0.15) is 71.6 Å². The van der Waals surface area contributed by atoms with Gasteiger partial charge in [-0.3, -0.25) is 9.59 Å². The smallest absolute Gasteiger partial charge is 0.251 e. The van der Waals surface area contributed by atoms with Gasteiger partial charge in [0.1, 0.15) is 16.7 Å². The van der Waals surface area contributed by atoms with Gasteiger partial charge in [-0.25, -0.2) is 0 Å². The Morgan fingerprint density at radius 3 is 2.46 bits per heavy atom. The van der Waals surface area contributed by atoms with E-state index in [4.69, 9.17) is 16.3 Å². The molecule has 5 nitrogen and oxygen atoms in total. The van der Waals surface area contributed by atoms with Crippen molar-refractivity contribution in [3.63, 3.8) is 0 Å². The molecule has 2 aliphatic rings. The average molecular weight is 535 g/mol. The highest BCUT2D eigenvalue weighted by atomic mass is 35.5. The summed E-state index contributed by atoms with van der Waals surface area (Å²) in [7, 11) is 0.